The summed E-state index contributed by atoms with van der Waals surface area (Å²) < 4.78 is 38.8. The predicted molar refractivity (Wildman–Crippen MR) is 139 cm³/mol. The molecule has 0 saturated carbocycles. The van der Waals surface area contributed by atoms with Crippen LogP contribution in [0.2, 0.25) is 0 Å². The molecule has 0 N–H and O–H groups in total. The first-order chi connectivity index (χ1) is 18.6. The van der Waals surface area contributed by atoms with Gasteiger partial charge in [0.05, 0.1) is 26.4 Å². The number of benzene rings is 1. The smallest absolute Gasteiger partial charge is 0.182 e. The molecular weight excluding hydrogens is 484 g/mol. The fraction of sp³-hybridized carbons (Fsp3) is 0.467. The Bertz CT molecular complexity index is 1030. The standard InChI is InChI=1S/C30H38N2O6/c1-23-35-19-27(20-36-23)25-7-11-31(12-8-25)15-17-33-29-5-3-4-6-30(29)34-18-16-32-13-9-26(10-14-32)28-21-37-24(2)38-22-28/h3-14,23-24,27-28H,15-22H2,1-2H3/q+2. The second kappa shape index (κ2) is 13.2. The van der Waals surface area contributed by atoms with Crippen LogP contribution in [0, 0.1) is 0 Å². The molecule has 2 aliphatic rings. The van der Waals surface area contributed by atoms with Gasteiger partial charge < -0.3 is 28.4 Å². The Morgan fingerprint density at radius 1 is 0.605 bits per heavy atom. The van der Waals surface area contributed by atoms with Gasteiger partial charge in [-0.15, -0.1) is 0 Å². The number of hydrogen-bond donors (Lipinski definition) is 0. The van der Waals surface area contributed by atoms with Gasteiger partial charge in [0.25, 0.3) is 0 Å². The van der Waals surface area contributed by atoms with Crippen molar-refractivity contribution in [3.63, 3.8) is 0 Å². The molecule has 0 radical (unpaired) electrons. The SMILES string of the molecule is CC1OCC(c2cc[n+](CCOc3ccccc3OCC[n+]3ccc(C4COC(C)OC4)cc3)cc2)CO1. The number of para-hydroxylation sites is 2. The summed E-state index contributed by atoms with van der Waals surface area (Å²) in [4.78, 5) is 0. The normalized spacial score (nSPS) is 23.6. The van der Waals surface area contributed by atoms with Crippen LogP contribution in [0.4, 0.5) is 0 Å². The van der Waals surface area contributed by atoms with Crippen LogP contribution in [0.25, 0.3) is 0 Å². The molecule has 0 aliphatic carbocycles. The van der Waals surface area contributed by atoms with Crippen LogP contribution in [0.1, 0.15) is 36.8 Å². The van der Waals surface area contributed by atoms with Gasteiger partial charge >= 0.3 is 0 Å². The van der Waals surface area contributed by atoms with Gasteiger partial charge in [0.15, 0.2) is 62.0 Å². The van der Waals surface area contributed by atoms with E-state index in [0.717, 1.165) is 24.6 Å². The van der Waals surface area contributed by atoms with Crippen molar-refractivity contribution in [2.45, 2.75) is 51.4 Å². The zero-order valence-corrected chi connectivity index (χ0v) is 22.2. The lowest BCUT2D eigenvalue weighted by Gasteiger charge is -2.27. The van der Waals surface area contributed by atoms with Crippen LogP contribution in [-0.2, 0) is 32.0 Å². The van der Waals surface area contributed by atoms with Gasteiger partial charge in [0, 0.05) is 36.1 Å². The average molecular weight is 523 g/mol. The molecule has 2 aliphatic heterocycles. The molecule has 5 rings (SSSR count). The zero-order valence-electron chi connectivity index (χ0n) is 22.2. The number of pyridine rings is 2. The molecule has 0 spiro atoms. The van der Waals surface area contributed by atoms with E-state index in [1.807, 2.05) is 38.1 Å². The topological polar surface area (TPSA) is 63.1 Å². The maximum atomic E-state index is 6.08. The molecule has 3 aromatic rings. The molecule has 0 amide bonds. The van der Waals surface area contributed by atoms with E-state index in [0.29, 0.717) is 39.6 Å². The molecule has 2 fully saturated rings. The van der Waals surface area contributed by atoms with E-state index in [4.69, 9.17) is 28.4 Å². The second-order valence-corrected chi connectivity index (χ2v) is 9.74. The Hall–Kier alpha value is -3.04. The van der Waals surface area contributed by atoms with Crippen molar-refractivity contribution < 1.29 is 37.6 Å². The van der Waals surface area contributed by atoms with Crippen LogP contribution >= 0.6 is 0 Å². The first kappa shape index (κ1) is 26.6. The third-order valence-corrected chi connectivity index (χ3v) is 6.97. The lowest BCUT2D eigenvalue weighted by atomic mass is 10.0. The Balaban J connectivity index is 1.06. The lowest BCUT2D eigenvalue weighted by molar-refractivity contribution is -0.697. The van der Waals surface area contributed by atoms with Crippen molar-refractivity contribution >= 4 is 0 Å². The van der Waals surface area contributed by atoms with E-state index in [1.165, 1.54) is 11.1 Å². The number of nitrogens with zero attached hydrogens (tertiary/aromatic N) is 2. The summed E-state index contributed by atoms with van der Waals surface area (Å²) in [5.41, 5.74) is 2.46. The summed E-state index contributed by atoms with van der Waals surface area (Å²) in [6.45, 7) is 9.20. The maximum Gasteiger partial charge on any atom is 0.182 e. The van der Waals surface area contributed by atoms with Crippen molar-refractivity contribution in [2.24, 2.45) is 0 Å². The van der Waals surface area contributed by atoms with E-state index >= 15 is 0 Å². The van der Waals surface area contributed by atoms with Crippen LogP contribution in [-0.4, -0.2) is 52.2 Å². The van der Waals surface area contributed by atoms with Crippen molar-refractivity contribution in [3.05, 3.63) is 84.4 Å². The average Bonchev–Trinajstić information content (AvgIpc) is 2.96. The van der Waals surface area contributed by atoms with Crippen molar-refractivity contribution in [1.29, 1.82) is 0 Å². The minimum Gasteiger partial charge on any atom is -0.483 e. The van der Waals surface area contributed by atoms with E-state index in [2.05, 4.69) is 58.2 Å². The first-order valence-corrected chi connectivity index (χ1v) is 13.4. The summed E-state index contributed by atoms with van der Waals surface area (Å²) in [6.07, 6.45) is 8.09. The van der Waals surface area contributed by atoms with Gasteiger partial charge in [-0.2, -0.15) is 0 Å². The Morgan fingerprint density at radius 2 is 0.974 bits per heavy atom. The number of ether oxygens (including phenoxy) is 6. The van der Waals surface area contributed by atoms with Crippen LogP contribution in [0.5, 0.6) is 11.5 Å². The molecule has 8 heteroatoms. The zero-order chi connectivity index (χ0) is 26.2. The van der Waals surface area contributed by atoms with E-state index < -0.39 is 0 Å². The quantitative estimate of drug-likeness (QED) is 0.381. The van der Waals surface area contributed by atoms with Gasteiger partial charge in [0.1, 0.15) is 13.2 Å². The molecule has 0 bridgehead atoms. The Morgan fingerprint density at radius 3 is 1.34 bits per heavy atom. The van der Waals surface area contributed by atoms with Crippen LogP contribution < -0.4 is 18.6 Å². The van der Waals surface area contributed by atoms with Crippen molar-refractivity contribution in [3.8, 4) is 11.5 Å². The molecule has 2 aromatic heterocycles. The molecule has 4 heterocycles. The summed E-state index contributed by atoms with van der Waals surface area (Å²) >= 11 is 0. The highest BCUT2D eigenvalue weighted by molar-refractivity contribution is 5.39. The van der Waals surface area contributed by atoms with Gasteiger partial charge in [-0.25, -0.2) is 9.13 Å². The highest BCUT2D eigenvalue weighted by atomic mass is 16.7. The molecular formula is C30H38N2O6+2. The largest absolute Gasteiger partial charge is 0.483 e. The van der Waals surface area contributed by atoms with Gasteiger partial charge in [-0.05, 0) is 37.1 Å². The minimum absolute atomic E-state index is 0.115. The fourth-order valence-corrected chi connectivity index (χ4v) is 4.57. The molecule has 0 unspecified atom stereocenters. The third kappa shape index (κ3) is 7.29. The molecule has 202 valence electrons. The fourth-order valence-electron chi connectivity index (χ4n) is 4.57. The van der Waals surface area contributed by atoms with Crippen molar-refractivity contribution in [2.75, 3.05) is 39.6 Å². The van der Waals surface area contributed by atoms with Crippen molar-refractivity contribution in [1.82, 2.24) is 0 Å². The molecule has 38 heavy (non-hydrogen) atoms. The molecule has 2 saturated heterocycles. The van der Waals surface area contributed by atoms with E-state index in [-0.39, 0.29) is 24.4 Å². The van der Waals surface area contributed by atoms with Gasteiger partial charge in [-0.1, -0.05) is 12.1 Å². The molecule has 1 aromatic carbocycles. The number of aromatic nitrogens is 2. The summed E-state index contributed by atoms with van der Waals surface area (Å²) in [5.74, 6) is 2.06. The van der Waals surface area contributed by atoms with Gasteiger partial charge in [0.2, 0.25) is 0 Å². The Labute approximate surface area is 224 Å². The monoisotopic (exact) mass is 522 g/mol. The minimum atomic E-state index is -0.115. The molecule has 8 nitrogen and oxygen atoms in total. The van der Waals surface area contributed by atoms with Gasteiger partial charge in [-0.3, -0.25) is 0 Å². The van der Waals surface area contributed by atoms with Crippen LogP contribution in [0.3, 0.4) is 0 Å². The van der Waals surface area contributed by atoms with E-state index in [1.54, 1.807) is 0 Å². The summed E-state index contributed by atoms with van der Waals surface area (Å²) in [6, 6.07) is 16.3. The maximum absolute atomic E-state index is 6.08. The van der Waals surface area contributed by atoms with E-state index in [9.17, 15) is 0 Å². The highest BCUT2D eigenvalue weighted by Crippen LogP contribution is 2.26. The van der Waals surface area contributed by atoms with Crippen LogP contribution in [0.15, 0.2) is 73.3 Å². The summed E-state index contributed by atoms with van der Waals surface area (Å²) in [7, 11) is 0. The number of hydrogen-bond acceptors (Lipinski definition) is 6. The third-order valence-electron chi connectivity index (χ3n) is 6.97. The first-order valence-electron chi connectivity index (χ1n) is 13.4. The Kier molecular flexibility index (Phi) is 9.19. The second-order valence-electron chi connectivity index (χ2n) is 9.74. The lowest BCUT2D eigenvalue weighted by Crippen LogP contribution is -2.37. The highest BCUT2D eigenvalue weighted by Gasteiger charge is 2.22. The summed E-state index contributed by atoms with van der Waals surface area (Å²) in [5, 5.41) is 0. The predicted octanol–water partition coefficient (Wildman–Crippen LogP) is 3.37. The molecule has 0 atom stereocenters. The number of rotatable bonds is 10.